The number of hydrazone groups is 1. The summed E-state index contributed by atoms with van der Waals surface area (Å²) in [7, 11) is 0. The molecule has 3 aromatic rings. The molecule has 1 aromatic heterocycles. The van der Waals surface area contributed by atoms with E-state index >= 15 is 0 Å². The van der Waals surface area contributed by atoms with E-state index in [0.717, 1.165) is 11.0 Å². The van der Waals surface area contributed by atoms with Crippen LogP contribution in [0, 0.1) is 0 Å². The highest BCUT2D eigenvalue weighted by molar-refractivity contribution is 7.99. The predicted molar refractivity (Wildman–Crippen MR) is 95.7 cm³/mol. The highest BCUT2D eigenvalue weighted by atomic mass is 35.5. The topological polar surface area (TPSA) is 90.4 Å². The molecule has 0 aliphatic rings. The number of nitrogens with one attached hydrogen (secondary N) is 2. The van der Waals surface area contributed by atoms with Crippen LogP contribution in [0.15, 0.2) is 52.7 Å². The normalized spacial score (nSPS) is 11.2. The Labute approximate surface area is 146 Å². The summed E-state index contributed by atoms with van der Waals surface area (Å²) >= 11 is 7.09. The number of rotatable bonds is 5. The van der Waals surface area contributed by atoms with Crippen LogP contribution in [-0.4, -0.2) is 32.9 Å². The van der Waals surface area contributed by atoms with Gasteiger partial charge >= 0.3 is 0 Å². The van der Waals surface area contributed by atoms with Crippen LogP contribution in [0.3, 0.4) is 0 Å². The smallest absolute Gasteiger partial charge is 0.250 e. The molecule has 0 aliphatic heterocycles. The van der Waals surface area contributed by atoms with E-state index in [1.54, 1.807) is 12.1 Å². The molecule has 0 aliphatic carbocycles. The maximum Gasteiger partial charge on any atom is 0.250 e. The second-order valence-corrected chi connectivity index (χ2v) is 6.22. The lowest BCUT2D eigenvalue weighted by atomic mass is 10.2. The van der Waals surface area contributed by atoms with Crippen molar-refractivity contribution in [3.8, 4) is 5.75 Å². The van der Waals surface area contributed by atoms with Crippen LogP contribution in [0.5, 0.6) is 5.75 Å². The highest BCUT2D eigenvalue weighted by Crippen LogP contribution is 2.22. The van der Waals surface area contributed by atoms with Gasteiger partial charge in [0.15, 0.2) is 5.16 Å². The minimum atomic E-state index is -0.249. The Hall–Kier alpha value is -2.51. The number of carbonyl (C=O) groups excluding carboxylic acids is 1. The van der Waals surface area contributed by atoms with Crippen molar-refractivity contribution in [1.82, 2.24) is 15.4 Å². The number of amides is 1. The summed E-state index contributed by atoms with van der Waals surface area (Å²) < 4.78 is 0. The Morgan fingerprint density at radius 3 is 3.00 bits per heavy atom. The van der Waals surface area contributed by atoms with Crippen LogP contribution in [0.4, 0.5) is 0 Å². The zero-order valence-electron chi connectivity index (χ0n) is 12.4. The van der Waals surface area contributed by atoms with E-state index in [1.807, 2.05) is 24.3 Å². The van der Waals surface area contributed by atoms with Crippen LogP contribution < -0.4 is 5.43 Å². The molecular formula is C16H13ClN4O2S. The van der Waals surface area contributed by atoms with Crippen molar-refractivity contribution in [2.24, 2.45) is 5.10 Å². The van der Waals surface area contributed by atoms with E-state index < -0.39 is 0 Å². The molecular weight excluding hydrogens is 348 g/mol. The van der Waals surface area contributed by atoms with Gasteiger partial charge in [0.05, 0.1) is 28.0 Å². The third-order valence-electron chi connectivity index (χ3n) is 3.08. The molecule has 8 heteroatoms. The molecule has 0 radical (unpaired) electrons. The average molecular weight is 361 g/mol. The number of imidazole rings is 1. The number of aromatic amines is 1. The first kappa shape index (κ1) is 16.4. The maximum absolute atomic E-state index is 11.8. The Morgan fingerprint density at radius 1 is 1.38 bits per heavy atom. The van der Waals surface area contributed by atoms with Gasteiger partial charge in [0.2, 0.25) is 0 Å². The number of benzene rings is 2. The van der Waals surface area contributed by atoms with Gasteiger partial charge in [-0.3, -0.25) is 4.79 Å². The first-order valence-corrected chi connectivity index (χ1v) is 8.36. The fourth-order valence-corrected chi connectivity index (χ4v) is 2.81. The maximum atomic E-state index is 11.8. The number of nitrogens with zero attached hydrogens (tertiary/aromatic N) is 2. The fraction of sp³-hybridized carbons (Fsp3) is 0.0625. The number of fused-ring (bicyclic) bond motifs is 1. The molecule has 0 atom stereocenters. The molecule has 3 N–H and O–H groups in total. The first-order chi connectivity index (χ1) is 11.6. The number of aromatic nitrogens is 2. The molecule has 6 nitrogen and oxygen atoms in total. The van der Waals surface area contributed by atoms with Crippen molar-refractivity contribution in [3.63, 3.8) is 0 Å². The Bertz CT molecular complexity index is 877. The van der Waals surface area contributed by atoms with E-state index in [4.69, 9.17) is 11.6 Å². The van der Waals surface area contributed by atoms with Gasteiger partial charge in [-0.25, -0.2) is 10.4 Å². The highest BCUT2D eigenvalue weighted by Gasteiger charge is 2.06. The minimum absolute atomic E-state index is 0.0000805. The molecule has 0 saturated heterocycles. The third-order valence-corrected chi connectivity index (χ3v) is 4.26. The van der Waals surface area contributed by atoms with Gasteiger partial charge in [0, 0.05) is 0 Å². The number of thioether (sulfide) groups is 1. The first-order valence-electron chi connectivity index (χ1n) is 7.00. The predicted octanol–water partition coefficient (Wildman–Crippen LogP) is 3.16. The lowest BCUT2D eigenvalue weighted by molar-refractivity contribution is -0.118. The molecule has 0 fully saturated rings. The number of carbonyl (C=O) groups is 1. The monoisotopic (exact) mass is 360 g/mol. The van der Waals surface area contributed by atoms with Crippen molar-refractivity contribution < 1.29 is 9.90 Å². The van der Waals surface area contributed by atoms with Crippen LogP contribution >= 0.6 is 23.4 Å². The van der Waals surface area contributed by atoms with Crippen LogP contribution in [0.25, 0.3) is 11.0 Å². The van der Waals surface area contributed by atoms with Crippen molar-refractivity contribution in [2.75, 3.05) is 5.75 Å². The van der Waals surface area contributed by atoms with Crippen LogP contribution in [-0.2, 0) is 4.79 Å². The summed E-state index contributed by atoms with van der Waals surface area (Å²) in [6, 6.07) is 12.3. The number of phenolic OH excluding ortho intramolecular Hbond substituents is 1. The largest absolute Gasteiger partial charge is 0.506 e. The Kier molecular flexibility index (Phi) is 5.02. The van der Waals surface area contributed by atoms with Crippen molar-refractivity contribution in [1.29, 1.82) is 0 Å². The fourth-order valence-electron chi connectivity index (χ4n) is 1.95. The van der Waals surface area contributed by atoms with Crippen molar-refractivity contribution >= 4 is 46.5 Å². The second kappa shape index (κ2) is 7.37. The molecule has 0 spiro atoms. The number of para-hydroxylation sites is 2. The Morgan fingerprint density at radius 2 is 2.21 bits per heavy atom. The summed E-state index contributed by atoms with van der Waals surface area (Å²) in [5, 5.41) is 14.1. The molecule has 2 aromatic carbocycles. The van der Waals surface area contributed by atoms with Gasteiger partial charge in [-0.15, -0.1) is 0 Å². The molecule has 0 saturated carbocycles. The molecule has 1 amide bonds. The second-order valence-electron chi connectivity index (χ2n) is 4.85. The summed E-state index contributed by atoms with van der Waals surface area (Å²) in [5.41, 5.74) is 4.90. The number of phenols is 1. The Balaban J connectivity index is 1.51. The van der Waals surface area contributed by atoms with E-state index in [9.17, 15) is 9.90 Å². The molecule has 24 heavy (non-hydrogen) atoms. The van der Waals surface area contributed by atoms with E-state index in [1.165, 1.54) is 24.0 Å². The minimum Gasteiger partial charge on any atom is -0.506 e. The van der Waals surface area contributed by atoms with E-state index in [-0.39, 0.29) is 22.4 Å². The van der Waals surface area contributed by atoms with Gasteiger partial charge in [0.1, 0.15) is 5.75 Å². The van der Waals surface area contributed by atoms with E-state index in [0.29, 0.717) is 10.7 Å². The van der Waals surface area contributed by atoms with Gasteiger partial charge in [-0.05, 0) is 35.9 Å². The zero-order valence-corrected chi connectivity index (χ0v) is 13.9. The summed E-state index contributed by atoms with van der Waals surface area (Å²) in [6.45, 7) is 0. The number of aromatic hydroxyl groups is 1. The quantitative estimate of drug-likeness (QED) is 0.370. The lowest BCUT2D eigenvalue weighted by Gasteiger charge is -1.99. The van der Waals surface area contributed by atoms with Gasteiger partial charge in [-0.1, -0.05) is 35.5 Å². The number of hydrogen-bond donors (Lipinski definition) is 3. The SMILES string of the molecule is O=C(CSc1nc2ccccc2[nH]1)N/N=C\c1ccc(O)c(Cl)c1. The number of halogens is 1. The summed E-state index contributed by atoms with van der Waals surface area (Å²) in [6.07, 6.45) is 1.45. The van der Waals surface area contributed by atoms with Crippen molar-refractivity contribution in [2.45, 2.75) is 5.16 Å². The molecule has 1 heterocycles. The van der Waals surface area contributed by atoms with E-state index in [2.05, 4.69) is 20.5 Å². The molecule has 122 valence electrons. The standard InChI is InChI=1S/C16H13ClN4O2S/c17-11-7-10(5-6-14(11)22)8-18-21-15(23)9-24-16-19-12-3-1-2-4-13(12)20-16/h1-8,22H,9H2,(H,19,20)(H,21,23)/b18-8-. The average Bonchev–Trinajstić information content (AvgIpc) is 2.99. The molecule has 0 unspecified atom stereocenters. The van der Waals surface area contributed by atoms with Gasteiger partial charge in [-0.2, -0.15) is 5.10 Å². The lowest BCUT2D eigenvalue weighted by Crippen LogP contribution is -2.19. The molecule has 0 bridgehead atoms. The number of H-pyrrole nitrogens is 1. The summed E-state index contributed by atoms with van der Waals surface area (Å²) in [4.78, 5) is 19.3. The summed E-state index contributed by atoms with van der Waals surface area (Å²) in [5.74, 6) is -0.0605. The van der Waals surface area contributed by atoms with Crippen LogP contribution in [0.2, 0.25) is 5.02 Å². The van der Waals surface area contributed by atoms with Gasteiger partial charge < -0.3 is 10.1 Å². The zero-order chi connectivity index (χ0) is 16.9. The van der Waals surface area contributed by atoms with Crippen LogP contribution in [0.1, 0.15) is 5.56 Å². The third kappa shape index (κ3) is 4.06. The molecule has 3 rings (SSSR count). The van der Waals surface area contributed by atoms with Crippen molar-refractivity contribution in [3.05, 3.63) is 53.1 Å². The van der Waals surface area contributed by atoms with Gasteiger partial charge in [0.25, 0.3) is 5.91 Å². The number of hydrogen-bond acceptors (Lipinski definition) is 5.